The Morgan fingerprint density at radius 3 is 2.94 bits per heavy atom. The van der Waals surface area contributed by atoms with Crippen LogP contribution < -0.4 is 4.90 Å². The van der Waals surface area contributed by atoms with Crippen LogP contribution in [0.15, 0.2) is 30.6 Å². The molecule has 3 rings (SSSR count). The molecule has 3 heteroatoms. The smallest absolute Gasteiger partial charge is 0.140 e. The van der Waals surface area contributed by atoms with E-state index in [2.05, 4.69) is 40.0 Å². The molecule has 1 saturated heterocycles. The van der Waals surface area contributed by atoms with Crippen LogP contribution >= 0.6 is 0 Å². The first-order valence-corrected chi connectivity index (χ1v) is 6.32. The molecule has 17 heavy (non-hydrogen) atoms. The third kappa shape index (κ3) is 1.86. The molecule has 1 aliphatic rings. The number of hydrogen-bond donors (Lipinski definition) is 0. The van der Waals surface area contributed by atoms with Gasteiger partial charge in [0.05, 0.1) is 5.52 Å². The van der Waals surface area contributed by atoms with Gasteiger partial charge < -0.3 is 4.90 Å². The van der Waals surface area contributed by atoms with Gasteiger partial charge in [0.25, 0.3) is 0 Å². The first kappa shape index (κ1) is 10.5. The van der Waals surface area contributed by atoms with Gasteiger partial charge in [-0.2, -0.15) is 0 Å². The van der Waals surface area contributed by atoms with Gasteiger partial charge in [-0.1, -0.05) is 12.1 Å². The summed E-state index contributed by atoms with van der Waals surface area (Å²) in [6.07, 6.45) is 5.54. The van der Waals surface area contributed by atoms with Crippen molar-refractivity contribution in [3.05, 3.63) is 30.6 Å². The van der Waals surface area contributed by atoms with Crippen LogP contribution in [0.5, 0.6) is 0 Å². The fourth-order valence-corrected chi connectivity index (χ4v) is 2.63. The third-order valence-electron chi connectivity index (χ3n) is 3.60. The summed E-state index contributed by atoms with van der Waals surface area (Å²) in [5.74, 6) is 1.10. The van der Waals surface area contributed by atoms with Gasteiger partial charge in [0, 0.05) is 18.0 Å². The quantitative estimate of drug-likeness (QED) is 0.750. The van der Waals surface area contributed by atoms with Gasteiger partial charge in [-0.3, -0.25) is 0 Å². The van der Waals surface area contributed by atoms with Crippen molar-refractivity contribution in [3.63, 3.8) is 0 Å². The third-order valence-corrected chi connectivity index (χ3v) is 3.60. The standard InChI is InChI=1S/C14H17N3/c1-11-6-4-5-9-17(11)14-12-7-2-3-8-13(12)15-10-16-14/h2-3,7-8,10-11H,4-6,9H2,1H3/t11-/m0/s1. The van der Waals surface area contributed by atoms with Crippen molar-refractivity contribution in [3.8, 4) is 0 Å². The molecule has 1 aromatic carbocycles. The molecule has 0 bridgehead atoms. The van der Waals surface area contributed by atoms with E-state index in [9.17, 15) is 0 Å². The van der Waals surface area contributed by atoms with E-state index < -0.39 is 0 Å². The van der Waals surface area contributed by atoms with Crippen LogP contribution in [0.4, 0.5) is 5.82 Å². The Labute approximate surface area is 101 Å². The molecule has 0 unspecified atom stereocenters. The highest BCUT2D eigenvalue weighted by Gasteiger charge is 2.21. The molecule has 1 aliphatic heterocycles. The molecule has 1 atom stereocenters. The zero-order valence-electron chi connectivity index (χ0n) is 10.1. The summed E-state index contributed by atoms with van der Waals surface area (Å²) in [6, 6.07) is 8.84. The summed E-state index contributed by atoms with van der Waals surface area (Å²) in [5.41, 5.74) is 1.04. The predicted molar refractivity (Wildman–Crippen MR) is 70.2 cm³/mol. The minimum atomic E-state index is 0.585. The summed E-state index contributed by atoms with van der Waals surface area (Å²) < 4.78 is 0. The molecule has 3 nitrogen and oxygen atoms in total. The number of fused-ring (bicyclic) bond motifs is 1. The van der Waals surface area contributed by atoms with Crippen LogP contribution in [-0.2, 0) is 0 Å². The fourth-order valence-electron chi connectivity index (χ4n) is 2.63. The molecule has 88 valence electrons. The number of benzene rings is 1. The fraction of sp³-hybridized carbons (Fsp3) is 0.429. The van der Waals surface area contributed by atoms with Crippen LogP contribution in [-0.4, -0.2) is 22.6 Å². The summed E-state index contributed by atoms with van der Waals surface area (Å²) in [7, 11) is 0. The molecule has 0 spiro atoms. The molecule has 0 radical (unpaired) electrons. The molecule has 1 aromatic heterocycles. The number of aromatic nitrogens is 2. The summed E-state index contributed by atoms with van der Waals surface area (Å²) in [4.78, 5) is 11.2. The number of rotatable bonds is 1. The molecule has 2 aromatic rings. The van der Waals surface area contributed by atoms with Gasteiger partial charge in [-0.25, -0.2) is 9.97 Å². The minimum Gasteiger partial charge on any atom is -0.353 e. The van der Waals surface area contributed by atoms with Crippen molar-refractivity contribution >= 4 is 16.7 Å². The lowest BCUT2D eigenvalue weighted by atomic mass is 10.0. The zero-order chi connectivity index (χ0) is 11.7. The second-order valence-corrected chi connectivity index (χ2v) is 4.75. The van der Waals surface area contributed by atoms with Gasteiger partial charge in [0.15, 0.2) is 0 Å². The predicted octanol–water partition coefficient (Wildman–Crippen LogP) is 3.01. The van der Waals surface area contributed by atoms with Crippen LogP contribution in [0, 0.1) is 0 Å². The normalized spacial score (nSPS) is 20.8. The maximum Gasteiger partial charge on any atom is 0.140 e. The number of hydrogen-bond acceptors (Lipinski definition) is 3. The number of nitrogens with zero attached hydrogens (tertiary/aromatic N) is 3. The summed E-state index contributed by atoms with van der Waals surface area (Å²) in [5, 5.41) is 1.17. The highest BCUT2D eigenvalue weighted by Crippen LogP contribution is 2.28. The largest absolute Gasteiger partial charge is 0.353 e. The van der Waals surface area contributed by atoms with Crippen LogP contribution in [0.3, 0.4) is 0 Å². The van der Waals surface area contributed by atoms with Crippen molar-refractivity contribution in [2.45, 2.75) is 32.2 Å². The topological polar surface area (TPSA) is 29.0 Å². The van der Waals surface area contributed by atoms with E-state index in [1.165, 1.54) is 24.6 Å². The van der Waals surface area contributed by atoms with Crippen molar-refractivity contribution in [2.24, 2.45) is 0 Å². The molecular formula is C14H17N3. The van der Waals surface area contributed by atoms with Crippen LogP contribution in [0.2, 0.25) is 0 Å². The van der Waals surface area contributed by atoms with E-state index >= 15 is 0 Å². The Bertz CT molecular complexity index is 518. The van der Waals surface area contributed by atoms with Crippen molar-refractivity contribution in [2.75, 3.05) is 11.4 Å². The SMILES string of the molecule is C[C@H]1CCCCN1c1ncnc2ccccc12. The van der Waals surface area contributed by atoms with Gasteiger partial charge in [-0.05, 0) is 38.3 Å². The van der Waals surface area contributed by atoms with E-state index in [0.29, 0.717) is 6.04 Å². The second kappa shape index (κ2) is 4.32. The Morgan fingerprint density at radius 2 is 2.06 bits per heavy atom. The van der Waals surface area contributed by atoms with Crippen molar-refractivity contribution < 1.29 is 0 Å². The molecule has 1 fully saturated rings. The Hall–Kier alpha value is -1.64. The second-order valence-electron chi connectivity index (χ2n) is 4.75. The molecule has 0 amide bonds. The minimum absolute atomic E-state index is 0.585. The van der Waals surface area contributed by atoms with E-state index in [0.717, 1.165) is 17.9 Å². The molecule has 0 saturated carbocycles. The Kier molecular flexibility index (Phi) is 2.67. The molecule has 0 N–H and O–H groups in total. The Morgan fingerprint density at radius 1 is 1.18 bits per heavy atom. The van der Waals surface area contributed by atoms with E-state index in [4.69, 9.17) is 0 Å². The van der Waals surface area contributed by atoms with Gasteiger partial charge in [0.1, 0.15) is 12.1 Å². The number of para-hydroxylation sites is 1. The monoisotopic (exact) mass is 227 g/mol. The summed E-state index contributed by atoms with van der Waals surface area (Å²) in [6.45, 7) is 3.40. The summed E-state index contributed by atoms with van der Waals surface area (Å²) >= 11 is 0. The average Bonchev–Trinajstić information content (AvgIpc) is 2.39. The number of anilines is 1. The maximum absolute atomic E-state index is 4.50. The molecule has 2 heterocycles. The van der Waals surface area contributed by atoms with Crippen molar-refractivity contribution in [1.29, 1.82) is 0 Å². The lowest BCUT2D eigenvalue weighted by Crippen LogP contribution is -2.38. The van der Waals surface area contributed by atoms with E-state index in [-0.39, 0.29) is 0 Å². The molecule has 0 aliphatic carbocycles. The van der Waals surface area contributed by atoms with E-state index in [1.54, 1.807) is 6.33 Å². The van der Waals surface area contributed by atoms with Gasteiger partial charge in [0.2, 0.25) is 0 Å². The average molecular weight is 227 g/mol. The van der Waals surface area contributed by atoms with Gasteiger partial charge in [-0.15, -0.1) is 0 Å². The van der Waals surface area contributed by atoms with E-state index in [1.807, 2.05) is 6.07 Å². The van der Waals surface area contributed by atoms with Crippen LogP contribution in [0.25, 0.3) is 10.9 Å². The first-order chi connectivity index (χ1) is 8.36. The highest BCUT2D eigenvalue weighted by atomic mass is 15.2. The lowest BCUT2D eigenvalue weighted by Gasteiger charge is -2.34. The lowest BCUT2D eigenvalue weighted by molar-refractivity contribution is 0.482. The highest BCUT2D eigenvalue weighted by molar-refractivity contribution is 5.89. The zero-order valence-corrected chi connectivity index (χ0v) is 10.1. The van der Waals surface area contributed by atoms with Crippen molar-refractivity contribution in [1.82, 2.24) is 9.97 Å². The Balaban J connectivity index is 2.10. The number of piperidine rings is 1. The molecular weight excluding hydrogens is 210 g/mol. The van der Waals surface area contributed by atoms with Crippen LogP contribution in [0.1, 0.15) is 26.2 Å². The first-order valence-electron chi connectivity index (χ1n) is 6.32. The maximum atomic E-state index is 4.50. The van der Waals surface area contributed by atoms with Gasteiger partial charge >= 0.3 is 0 Å².